The van der Waals surface area contributed by atoms with E-state index in [-0.39, 0.29) is 23.9 Å². The maximum absolute atomic E-state index is 13.5. The maximum atomic E-state index is 13.5. The summed E-state index contributed by atoms with van der Waals surface area (Å²) in [4.78, 5) is 45.1. The molecular formula is C30H23N3O3. The van der Waals surface area contributed by atoms with Crippen molar-refractivity contribution in [2.24, 2.45) is 0 Å². The Kier molecular flexibility index (Phi) is 5.41. The van der Waals surface area contributed by atoms with Crippen molar-refractivity contribution < 1.29 is 9.59 Å². The summed E-state index contributed by atoms with van der Waals surface area (Å²) in [5.74, 6) is -0.0426. The van der Waals surface area contributed by atoms with E-state index in [0.29, 0.717) is 47.2 Å². The number of fused-ring (bicyclic) bond motifs is 3. The first-order chi connectivity index (χ1) is 17.6. The lowest BCUT2D eigenvalue weighted by molar-refractivity contribution is 0.0655. The average Bonchev–Trinajstić information content (AvgIpc) is 3.16. The Balaban J connectivity index is 1.31. The van der Waals surface area contributed by atoms with Gasteiger partial charge in [-0.25, -0.2) is 4.98 Å². The van der Waals surface area contributed by atoms with E-state index < -0.39 is 0 Å². The number of para-hydroxylation sites is 1. The van der Waals surface area contributed by atoms with Gasteiger partial charge in [0, 0.05) is 19.5 Å². The maximum Gasteiger partial charge on any atom is 0.261 e. The lowest BCUT2D eigenvalue weighted by Gasteiger charge is -2.17. The van der Waals surface area contributed by atoms with Crippen LogP contribution >= 0.6 is 0 Å². The molecule has 0 atom stereocenters. The zero-order valence-corrected chi connectivity index (χ0v) is 19.6. The summed E-state index contributed by atoms with van der Waals surface area (Å²) < 4.78 is 1.69. The minimum Gasteiger partial charge on any atom is -0.296 e. The minimum absolute atomic E-state index is 0.112. The second kappa shape index (κ2) is 8.89. The third kappa shape index (κ3) is 3.77. The van der Waals surface area contributed by atoms with Gasteiger partial charge in [0.15, 0.2) is 0 Å². The molecule has 0 saturated heterocycles. The van der Waals surface area contributed by atoms with Crippen LogP contribution in [0.1, 0.15) is 32.1 Å². The normalized spacial score (nSPS) is 13.1. The SMILES string of the molecule is O=C1c2ccccc2C(=O)N1CCc1nc2ccccc2c(=O)n1CCc1ccc2ccccc2c1. The van der Waals surface area contributed by atoms with Crippen molar-refractivity contribution in [1.29, 1.82) is 0 Å². The van der Waals surface area contributed by atoms with Crippen LogP contribution in [0.15, 0.2) is 95.8 Å². The molecule has 2 heterocycles. The number of rotatable bonds is 6. The van der Waals surface area contributed by atoms with Crippen LogP contribution in [0.5, 0.6) is 0 Å². The van der Waals surface area contributed by atoms with Crippen LogP contribution in [-0.2, 0) is 19.4 Å². The molecule has 0 bridgehead atoms. The Bertz CT molecular complexity index is 1690. The van der Waals surface area contributed by atoms with Gasteiger partial charge in [0.25, 0.3) is 17.4 Å². The number of benzene rings is 4. The van der Waals surface area contributed by atoms with E-state index >= 15 is 0 Å². The molecule has 1 aliphatic rings. The quantitative estimate of drug-likeness (QED) is 0.337. The molecule has 0 spiro atoms. The van der Waals surface area contributed by atoms with Crippen LogP contribution in [0.3, 0.4) is 0 Å². The predicted octanol–water partition coefficient (Wildman–Crippen LogP) is 4.63. The smallest absolute Gasteiger partial charge is 0.261 e. The fourth-order valence-corrected chi connectivity index (χ4v) is 4.92. The fourth-order valence-electron chi connectivity index (χ4n) is 4.92. The van der Waals surface area contributed by atoms with Crippen molar-refractivity contribution in [2.45, 2.75) is 19.4 Å². The molecule has 5 aromatic rings. The standard InChI is InChI=1S/C30H23N3O3/c34-28-23-9-3-4-10-24(23)29(35)33(28)18-16-27-31-26-12-6-5-11-25(26)30(36)32(27)17-15-20-13-14-21-7-1-2-8-22(21)19-20/h1-14,19H,15-18H2. The van der Waals surface area contributed by atoms with Gasteiger partial charge in [-0.2, -0.15) is 0 Å². The zero-order valence-electron chi connectivity index (χ0n) is 19.6. The summed E-state index contributed by atoms with van der Waals surface area (Å²) in [5.41, 5.74) is 2.46. The van der Waals surface area contributed by atoms with Crippen molar-refractivity contribution in [3.05, 3.63) is 124 Å². The summed E-state index contributed by atoms with van der Waals surface area (Å²) in [6.45, 7) is 0.611. The number of carbonyl (C=O) groups excluding carboxylic acids is 2. The van der Waals surface area contributed by atoms with Crippen LogP contribution < -0.4 is 5.56 Å². The number of nitrogens with zero attached hydrogens (tertiary/aromatic N) is 3. The molecule has 2 amide bonds. The van der Waals surface area contributed by atoms with Crippen LogP contribution in [0.2, 0.25) is 0 Å². The zero-order chi connectivity index (χ0) is 24.6. The van der Waals surface area contributed by atoms with Gasteiger partial charge in [-0.05, 0) is 47.0 Å². The Labute approximate surface area is 207 Å². The molecule has 1 aromatic heterocycles. The third-order valence-electron chi connectivity index (χ3n) is 6.82. The molecule has 6 nitrogen and oxygen atoms in total. The second-order valence-electron chi connectivity index (χ2n) is 8.99. The van der Waals surface area contributed by atoms with E-state index in [1.807, 2.05) is 30.3 Å². The third-order valence-corrected chi connectivity index (χ3v) is 6.82. The number of aromatic nitrogens is 2. The highest BCUT2D eigenvalue weighted by molar-refractivity contribution is 6.21. The van der Waals surface area contributed by atoms with E-state index in [9.17, 15) is 14.4 Å². The van der Waals surface area contributed by atoms with Crippen molar-refractivity contribution in [1.82, 2.24) is 14.5 Å². The first kappa shape index (κ1) is 21.9. The van der Waals surface area contributed by atoms with E-state index in [1.54, 1.807) is 34.9 Å². The molecule has 0 saturated carbocycles. The number of amides is 2. The monoisotopic (exact) mass is 473 g/mol. The minimum atomic E-state index is -0.304. The van der Waals surface area contributed by atoms with Gasteiger partial charge in [-0.3, -0.25) is 23.9 Å². The Morgan fingerprint density at radius 1 is 0.639 bits per heavy atom. The summed E-state index contributed by atoms with van der Waals surface area (Å²) in [6, 6.07) is 28.6. The van der Waals surface area contributed by atoms with E-state index in [4.69, 9.17) is 4.98 Å². The first-order valence-electron chi connectivity index (χ1n) is 12.0. The molecule has 6 heteroatoms. The van der Waals surface area contributed by atoms with Gasteiger partial charge >= 0.3 is 0 Å². The molecule has 36 heavy (non-hydrogen) atoms. The highest BCUT2D eigenvalue weighted by Gasteiger charge is 2.34. The van der Waals surface area contributed by atoms with Crippen molar-refractivity contribution in [3.8, 4) is 0 Å². The van der Waals surface area contributed by atoms with Gasteiger partial charge < -0.3 is 0 Å². The summed E-state index contributed by atoms with van der Waals surface area (Å²) in [5, 5.41) is 2.89. The lowest BCUT2D eigenvalue weighted by Crippen LogP contribution is -2.34. The van der Waals surface area contributed by atoms with Crippen LogP contribution in [0.4, 0.5) is 0 Å². The second-order valence-corrected chi connectivity index (χ2v) is 8.99. The average molecular weight is 474 g/mol. The molecule has 0 unspecified atom stereocenters. The van der Waals surface area contributed by atoms with Crippen LogP contribution in [0, 0.1) is 0 Å². The molecule has 0 fully saturated rings. The molecule has 0 radical (unpaired) electrons. The Hall–Kier alpha value is -4.58. The number of aryl methyl sites for hydroxylation is 1. The van der Waals surface area contributed by atoms with Gasteiger partial charge in [-0.15, -0.1) is 0 Å². The molecular weight excluding hydrogens is 450 g/mol. The molecule has 6 rings (SSSR count). The van der Waals surface area contributed by atoms with Crippen LogP contribution in [0.25, 0.3) is 21.7 Å². The summed E-state index contributed by atoms with van der Waals surface area (Å²) in [6.07, 6.45) is 0.952. The van der Waals surface area contributed by atoms with Crippen molar-refractivity contribution >= 4 is 33.5 Å². The molecule has 1 aliphatic heterocycles. The topological polar surface area (TPSA) is 72.3 Å². The Morgan fingerprint density at radius 3 is 2.08 bits per heavy atom. The number of hydrogen-bond acceptors (Lipinski definition) is 4. The lowest BCUT2D eigenvalue weighted by atomic mass is 10.1. The number of imide groups is 1. The summed E-state index contributed by atoms with van der Waals surface area (Å²) >= 11 is 0. The fraction of sp³-hybridized carbons (Fsp3) is 0.133. The van der Waals surface area contributed by atoms with Crippen molar-refractivity contribution in [3.63, 3.8) is 0 Å². The van der Waals surface area contributed by atoms with Gasteiger partial charge in [0.2, 0.25) is 0 Å². The van der Waals surface area contributed by atoms with Gasteiger partial charge in [0.05, 0.1) is 22.0 Å². The van der Waals surface area contributed by atoms with E-state index in [2.05, 4.69) is 30.3 Å². The van der Waals surface area contributed by atoms with Crippen molar-refractivity contribution in [2.75, 3.05) is 6.54 Å². The van der Waals surface area contributed by atoms with Gasteiger partial charge in [0.1, 0.15) is 5.82 Å². The highest BCUT2D eigenvalue weighted by atomic mass is 16.2. The highest BCUT2D eigenvalue weighted by Crippen LogP contribution is 2.23. The molecule has 0 aliphatic carbocycles. The molecule has 0 N–H and O–H groups in total. The Morgan fingerprint density at radius 2 is 1.31 bits per heavy atom. The first-order valence-corrected chi connectivity index (χ1v) is 12.0. The molecule has 4 aromatic carbocycles. The van der Waals surface area contributed by atoms with E-state index in [1.165, 1.54) is 10.3 Å². The number of carbonyl (C=O) groups is 2. The van der Waals surface area contributed by atoms with Crippen LogP contribution in [-0.4, -0.2) is 32.8 Å². The largest absolute Gasteiger partial charge is 0.296 e. The van der Waals surface area contributed by atoms with Gasteiger partial charge in [-0.1, -0.05) is 66.7 Å². The van der Waals surface area contributed by atoms with E-state index in [0.717, 1.165) is 10.9 Å². The predicted molar refractivity (Wildman–Crippen MR) is 139 cm³/mol. The molecule has 176 valence electrons. The summed E-state index contributed by atoms with van der Waals surface area (Å²) in [7, 11) is 0. The number of hydrogen-bond donors (Lipinski definition) is 0.